The molecule has 0 spiro atoms. The summed E-state index contributed by atoms with van der Waals surface area (Å²) >= 11 is 1.58. The van der Waals surface area contributed by atoms with Crippen molar-refractivity contribution in [2.45, 2.75) is 36.6 Å². The Hall–Kier alpha value is -3.59. The fourth-order valence-electron chi connectivity index (χ4n) is 3.11. The summed E-state index contributed by atoms with van der Waals surface area (Å²) in [6, 6.07) is 16.6. The van der Waals surface area contributed by atoms with Crippen LogP contribution < -0.4 is 15.4 Å². The molecule has 0 unspecified atom stereocenters. The molecule has 0 aliphatic carbocycles. The normalized spacial score (nSPS) is 10.8. The van der Waals surface area contributed by atoms with E-state index in [0.717, 1.165) is 34.2 Å². The van der Waals surface area contributed by atoms with Crippen LogP contribution in [0.2, 0.25) is 0 Å². The number of nitrogens with zero attached hydrogens (tertiary/aromatic N) is 4. The Balaban J connectivity index is 1.39. The third-order valence-electron chi connectivity index (χ3n) is 4.54. The number of aromatic nitrogens is 4. The number of nitrogens with one attached hydrogen (secondary N) is 2. The molecular formula is C23H24N6O2S. The van der Waals surface area contributed by atoms with E-state index in [9.17, 15) is 4.79 Å². The highest BCUT2D eigenvalue weighted by Gasteiger charge is 2.10. The predicted molar refractivity (Wildman–Crippen MR) is 126 cm³/mol. The number of benzene rings is 2. The van der Waals surface area contributed by atoms with Crippen LogP contribution in [0.15, 0.2) is 70.8 Å². The molecule has 9 heteroatoms. The van der Waals surface area contributed by atoms with E-state index < -0.39 is 0 Å². The smallest absolute Gasteiger partial charge is 0.323 e. The van der Waals surface area contributed by atoms with Crippen LogP contribution in [-0.2, 0) is 6.42 Å². The minimum atomic E-state index is -0.308. The van der Waals surface area contributed by atoms with E-state index in [-0.39, 0.29) is 6.03 Å². The molecule has 0 radical (unpaired) electrons. The monoisotopic (exact) mass is 448 g/mol. The number of hydrogen-bond acceptors (Lipinski definition) is 6. The van der Waals surface area contributed by atoms with E-state index in [1.807, 2.05) is 49.4 Å². The Morgan fingerprint density at radius 2 is 1.72 bits per heavy atom. The molecule has 0 aliphatic heterocycles. The van der Waals surface area contributed by atoms with Gasteiger partial charge in [0.05, 0.1) is 6.61 Å². The van der Waals surface area contributed by atoms with Crippen LogP contribution in [0.25, 0.3) is 5.78 Å². The van der Waals surface area contributed by atoms with Gasteiger partial charge in [0.15, 0.2) is 0 Å². The largest absolute Gasteiger partial charge is 0.494 e. The van der Waals surface area contributed by atoms with Crippen molar-refractivity contribution in [2.24, 2.45) is 0 Å². The van der Waals surface area contributed by atoms with Gasteiger partial charge in [0.1, 0.15) is 17.1 Å². The van der Waals surface area contributed by atoms with Gasteiger partial charge in [-0.05, 0) is 67.9 Å². The summed E-state index contributed by atoms with van der Waals surface area (Å²) in [5.74, 6) is 1.37. The summed E-state index contributed by atoms with van der Waals surface area (Å²) in [6.45, 7) is 4.66. The second-order valence-corrected chi connectivity index (χ2v) is 8.06. The molecular weight excluding hydrogens is 424 g/mol. The Bertz CT molecular complexity index is 1190. The van der Waals surface area contributed by atoms with Crippen LogP contribution in [0.4, 0.5) is 16.2 Å². The van der Waals surface area contributed by atoms with Crippen LogP contribution in [0.5, 0.6) is 5.75 Å². The predicted octanol–water partition coefficient (Wildman–Crippen LogP) is 5.27. The van der Waals surface area contributed by atoms with Gasteiger partial charge in [-0.25, -0.2) is 9.78 Å². The number of carbonyl (C=O) groups excluding carboxylic acids is 1. The van der Waals surface area contributed by atoms with Gasteiger partial charge >= 0.3 is 6.03 Å². The lowest BCUT2D eigenvalue weighted by molar-refractivity contribution is 0.262. The van der Waals surface area contributed by atoms with Crippen molar-refractivity contribution in [2.75, 3.05) is 17.2 Å². The minimum absolute atomic E-state index is 0.308. The molecule has 0 atom stereocenters. The van der Waals surface area contributed by atoms with Crippen molar-refractivity contribution in [3.8, 4) is 5.75 Å². The first-order chi connectivity index (χ1) is 15.6. The fourth-order valence-corrected chi connectivity index (χ4v) is 4.03. The third-order valence-corrected chi connectivity index (χ3v) is 5.54. The van der Waals surface area contributed by atoms with Gasteiger partial charge in [-0.1, -0.05) is 25.1 Å². The molecule has 2 aromatic heterocycles. The van der Waals surface area contributed by atoms with Crippen molar-refractivity contribution in [3.63, 3.8) is 0 Å². The summed E-state index contributed by atoms with van der Waals surface area (Å²) < 4.78 is 7.15. The number of rotatable bonds is 8. The van der Waals surface area contributed by atoms with Gasteiger partial charge in [0.2, 0.25) is 0 Å². The number of hydrogen-bond donors (Lipinski definition) is 2. The Kier molecular flexibility index (Phi) is 6.86. The molecule has 8 nitrogen and oxygen atoms in total. The summed E-state index contributed by atoms with van der Waals surface area (Å²) in [7, 11) is 0. The van der Waals surface area contributed by atoms with Gasteiger partial charge in [0.25, 0.3) is 5.78 Å². The lowest BCUT2D eigenvalue weighted by atomic mass is 10.2. The average molecular weight is 449 g/mol. The lowest BCUT2D eigenvalue weighted by Gasteiger charge is -2.10. The van der Waals surface area contributed by atoms with Crippen molar-refractivity contribution in [1.29, 1.82) is 0 Å². The molecule has 0 aliphatic rings. The second kappa shape index (κ2) is 10.1. The summed E-state index contributed by atoms with van der Waals surface area (Å²) in [5, 5.41) is 10.9. The standard InChI is InChI=1S/C23H24N6O2S/c1-3-5-18-14-21(29-22(26-18)24-15-25-29)32-20-12-8-17(9-13-20)28-23(30)27-16-6-10-19(11-7-16)31-4-2/h6-15H,3-5H2,1-2H3,(H2,27,28,30). The molecule has 2 aromatic carbocycles. The molecule has 164 valence electrons. The van der Waals surface area contributed by atoms with Crippen molar-refractivity contribution >= 4 is 34.9 Å². The van der Waals surface area contributed by atoms with Crippen LogP contribution in [-0.4, -0.2) is 32.2 Å². The highest BCUT2D eigenvalue weighted by atomic mass is 32.2. The number of urea groups is 1. The minimum Gasteiger partial charge on any atom is -0.494 e. The van der Waals surface area contributed by atoms with Gasteiger partial charge in [0, 0.05) is 22.0 Å². The van der Waals surface area contributed by atoms with Gasteiger partial charge in [-0.3, -0.25) is 0 Å². The second-order valence-electron chi connectivity index (χ2n) is 6.97. The van der Waals surface area contributed by atoms with Gasteiger partial charge in [-0.2, -0.15) is 14.6 Å². The Morgan fingerprint density at radius 1 is 1.03 bits per heavy atom. The zero-order chi connectivity index (χ0) is 22.3. The zero-order valence-corrected chi connectivity index (χ0v) is 18.7. The first-order valence-corrected chi connectivity index (χ1v) is 11.2. The summed E-state index contributed by atoms with van der Waals surface area (Å²) in [4.78, 5) is 22.1. The molecule has 0 saturated heterocycles. The van der Waals surface area contributed by atoms with E-state index in [0.29, 0.717) is 23.8 Å². The maximum Gasteiger partial charge on any atom is 0.323 e. The molecule has 2 N–H and O–H groups in total. The number of amides is 2. The SMILES string of the molecule is CCCc1cc(Sc2ccc(NC(=O)Nc3ccc(OCC)cc3)cc2)n2ncnc2n1. The molecule has 4 aromatic rings. The number of aryl methyl sites for hydroxylation is 1. The van der Waals surface area contributed by atoms with E-state index in [1.165, 1.54) is 6.33 Å². The number of fused-ring (bicyclic) bond motifs is 1. The van der Waals surface area contributed by atoms with E-state index >= 15 is 0 Å². The summed E-state index contributed by atoms with van der Waals surface area (Å²) in [6.07, 6.45) is 3.42. The quantitative estimate of drug-likeness (QED) is 0.357. The molecule has 2 amide bonds. The van der Waals surface area contributed by atoms with E-state index in [4.69, 9.17) is 4.74 Å². The summed E-state index contributed by atoms with van der Waals surface area (Å²) in [5.41, 5.74) is 2.39. The van der Waals surface area contributed by atoms with Crippen molar-refractivity contribution in [1.82, 2.24) is 19.6 Å². The molecule has 0 fully saturated rings. The first kappa shape index (κ1) is 21.6. The number of carbonyl (C=O) groups is 1. The maximum absolute atomic E-state index is 12.3. The van der Waals surface area contributed by atoms with Crippen LogP contribution in [0.1, 0.15) is 26.0 Å². The fraction of sp³-hybridized carbons (Fsp3) is 0.217. The van der Waals surface area contributed by atoms with Gasteiger partial charge in [-0.15, -0.1) is 0 Å². The van der Waals surface area contributed by atoms with Crippen LogP contribution >= 0.6 is 11.8 Å². The third kappa shape index (κ3) is 5.36. The molecule has 4 rings (SSSR count). The van der Waals surface area contributed by atoms with Crippen molar-refractivity contribution in [3.05, 3.63) is 66.6 Å². The zero-order valence-electron chi connectivity index (χ0n) is 17.9. The molecule has 0 saturated carbocycles. The molecule has 0 bridgehead atoms. The van der Waals surface area contributed by atoms with Crippen LogP contribution in [0, 0.1) is 0 Å². The van der Waals surface area contributed by atoms with Gasteiger partial charge < -0.3 is 15.4 Å². The average Bonchev–Trinajstić information content (AvgIpc) is 3.26. The molecule has 2 heterocycles. The van der Waals surface area contributed by atoms with E-state index in [1.54, 1.807) is 28.4 Å². The van der Waals surface area contributed by atoms with Crippen molar-refractivity contribution < 1.29 is 9.53 Å². The number of ether oxygens (including phenoxy) is 1. The Morgan fingerprint density at radius 3 is 2.38 bits per heavy atom. The van der Waals surface area contributed by atoms with Crippen LogP contribution in [0.3, 0.4) is 0 Å². The highest BCUT2D eigenvalue weighted by Crippen LogP contribution is 2.29. The lowest BCUT2D eigenvalue weighted by Crippen LogP contribution is -2.19. The topological polar surface area (TPSA) is 93.4 Å². The maximum atomic E-state index is 12.3. The first-order valence-electron chi connectivity index (χ1n) is 10.4. The molecule has 32 heavy (non-hydrogen) atoms. The van der Waals surface area contributed by atoms with E-state index in [2.05, 4.69) is 32.6 Å². The number of anilines is 2. The highest BCUT2D eigenvalue weighted by molar-refractivity contribution is 7.99. The Labute approximate surface area is 190 Å².